The third-order valence-corrected chi connectivity index (χ3v) is 2.66. The van der Waals surface area contributed by atoms with Gasteiger partial charge in [-0.05, 0) is 29.3 Å². The fraction of sp³-hybridized carbons (Fsp3) is 0.143. The average Bonchev–Trinajstić information content (AvgIpc) is 2.32. The van der Waals surface area contributed by atoms with Crippen molar-refractivity contribution in [1.82, 2.24) is 0 Å². The number of halogens is 3. The van der Waals surface area contributed by atoms with Crippen LogP contribution in [0.1, 0.15) is 17.2 Å². The lowest BCUT2D eigenvalue weighted by Gasteiger charge is -2.11. The molecule has 18 heavy (non-hydrogen) atoms. The summed E-state index contributed by atoms with van der Waals surface area (Å²) in [4.78, 5) is 0. The van der Waals surface area contributed by atoms with Gasteiger partial charge in [-0.25, -0.2) is 13.2 Å². The molecule has 4 heteroatoms. The highest BCUT2D eigenvalue weighted by molar-refractivity contribution is 5.24. The Morgan fingerprint density at radius 3 is 2.33 bits per heavy atom. The van der Waals surface area contributed by atoms with Crippen LogP contribution in [0.3, 0.4) is 0 Å². The van der Waals surface area contributed by atoms with Gasteiger partial charge in [-0.2, -0.15) is 0 Å². The number of rotatable bonds is 3. The summed E-state index contributed by atoms with van der Waals surface area (Å²) >= 11 is 0. The maximum atomic E-state index is 13.4. The highest BCUT2D eigenvalue weighted by Crippen LogP contribution is 2.21. The van der Waals surface area contributed by atoms with E-state index in [9.17, 15) is 18.3 Å². The minimum absolute atomic E-state index is 0.0322. The van der Waals surface area contributed by atoms with E-state index in [0.29, 0.717) is 5.56 Å². The van der Waals surface area contributed by atoms with Crippen LogP contribution in [0.25, 0.3) is 0 Å². The first-order chi connectivity index (χ1) is 8.56. The van der Waals surface area contributed by atoms with Gasteiger partial charge >= 0.3 is 0 Å². The number of aliphatic hydroxyl groups excluding tert-OH is 1. The predicted molar refractivity (Wildman–Crippen MR) is 61.4 cm³/mol. The molecule has 0 aromatic heterocycles. The SMILES string of the molecule is OC(Cc1ccc(F)cc1F)c1cccc(F)c1. The molecule has 94 valence electrons. The van der Waals surface area contributed by atoms with E-state index in [4.69, 9.17) is 0 Å². The highest BCUT2D eigenvalue weighted by atomic mass is 19.1. The van der Waals surface area contributed by atoms with Crippen LogP contribution in [0, 0.1) is 17.5 Å². The maximum absolute atomic E-state index is 13.4. The molecule has 0 saturated heterocycles. The topological polar surface area (TPSA) is 20.2 Å². The van der Waals surface area contributed by atoms with Crippen LogP contribution in [0.2, 0.25) is 0 Å². The zero-order chi connectivity index (χ0) is 13.1. The van der Waals surface area contributed by atoms with Crippen molar-refractivity contribution in [3.63, 3.8) is 0 Å². The van der Waals surface area contributed by atoms with E-state index in [1.807, 2.05) is 0 Å². The molecule has 0 fully saturated rings. The molecule has 0 heterocycles. The lowest BCUT2D eigenvalue weighted by molar-refractivity contribution is 0.176. The number of aliphatic hydroxyl groups is 1. The van der Waals surface area contributed by atoms with Gasteiger partial charge < -0.3 is 5.11 Å². The molecule has 0 amide bonds. The smallest absolute Gasteiger partial charge is 0.129 e. The standard InChI is InChI=1S/C14H11F3O/c15-11-3-1-2-10(6-11)14(18)7-9-4-5-12(16)8-13(9)17/h1-6,8,14,18H,7H2. The molecule has 2 aromatic rings. The Labute approximate surface area is 103 Å². The van der Waals surface area contributed by atoms with Crippen LogP contribution < -0.4 is 0 Å². The van der Waals surface area contributed by atoms with Crippen LogP contribution in [0.4, 0.5) is 13.2 Å². The van der Waals surface area contributed by atoms with Crippen LogP contribution >= 0.6 is 0 Å². The van der Waals surface area contributed by atoms with Crippen LogP contribution in [0.15, 0.2) is 42.5 Å². The van der Waals surface area contributed by atoms with Crippen molar-refractivity contribution in [2.24, 2.45) is 0 Å². The predicted octanol–water partition coefficient (Wildman–Crippen LogP) is 3.38. The molecular formula is C14H11F3O. The Kier molecular flexibility index (Phi) is 3.67. The zero-order valence-electron chi connectivity index (χ0n) is 9.41. The Balaban J connectivity index is 2.18. The first-order valence-electron chi connectivity index (χ1n) is 5.44. The van der Waals surface area contributed by atoms with Gasteiger partial charge in [-0.3, -0.25) is 0 Å². The Morgan fingerprint density at radius 1 is 0.944 bits per heavy atom. The quantitative estimate of drug-likeness (QED) is 0.887. The molecule has 0 bridgehead atoms. The van der Waals surface area contributed by atoms with E-state index in [1.54, 1.807) is 6.07 Å². The Hall–Kier alpha value is -1.81. The van der Waals surface area contributed by atoms with E-state index < -0.39 is 23.6 Å². The zero-order valence-corrected chi connectivity index (χ0v) is 9.41. The average molecular weight is 252 g/mol. The molecule has 2 rings (SSSR count). The second kappa shape index (κ2) is 5.23. The fourth-order valence-corrected chi connectivity index (χ4v) is 1.73. The van der Waals surface area contributed by atoms with Gasteiger partial charge in [-0.1, -0.05) is 18.2 Å². The molecular weight excluding hydrogens is 241 g/mol. The number of hydrogen-bond acceptors (Lipinski definition) is 1. The summed E-state index contributed by atoms with van der Waals surface area (Å²) in [5.41, 5.74) is 0.548. The van der Waals surface area contributed by atoms with Crippen molar-refractivity contribution in [2.75, 3.05) is 0 Å². The van der Waals surface area contributed by atoms with E-state index in [0.717, 1.165) is 12.1 Å². The van der Waals surface area contributed by atoms with Gasteiger partial charge in [0.05, 0.1) is 6.10 Å². The highest BCUT2D eigenvalue weighted by Gasteiger charge is 2.12. The summed E-state index contributed by atoms with van der Waals surface area (Å²) in [6.07, 6.45) is -1.06. The third kappa shape index (κ3) is 2.90. The fourth-order valence-electron chi connectivity index (χ4n) is 1.73. The first kappa shape index (κ1) is 12.6. The van der Waals surface area contributed by atoms with E-state index in [2.05, 4.69) is 0 Å². The van der Waals surface area contributed by atoms with Crippen molar-refractivity contribution in [1.29, 1.82) is 0 Å². The van der Waals surface area contributed by atoms with Gasteiger partial charge in [0.2, 0.25) is 0 Å². The number of benzene rings is 2. The van der Waals surface area contributed by atoms with E-state index >= 15 is 0 Å². The molecule has 0 aliphatic carbocycles. The molecule has 0 aliphatic heterocycles. The molecule has 1 unspecified atom stereocenters. The lowest BCUT2D eigenvalue weighted by Crippen LogP contribution is -2.04. The molecule has 1 atom stereocenters. The van der Waals surface area contributed by atoms with E-state index in [-0.39, 0.29) is 12.0 Å². The second-order valence-corrected chi connectivity index (χ2v) is 4.01. The molecule has 0 radical (unpaired) electrons. The molecule has 0 spiro atoms. The third-order valence-electron chi connectivity index (χ3n) is 2.66. The largest absolute Gasteiger partial charge is 0.388 e. The summed E-state index contributed by atoms with van der Waals surface area (Å²) in [5, 5.41) is 9.87. The maximum Gasteiger partial charge on any atom is 0.129 e. The Bertz CT molecular complexity index is 554. The van der Waals surface area contributed by atoms with Gasteiger partial charge in [-0.15, -0.1) is 0 Å². The number of hydrogen-bond donors (Lipinski definition) is 1. The molecule has 0 saturated carbocycles. The first-order valence-corrected chi connectivity index (χ1v) is 5.44. The van der Waals surface area contributed by atoms with Crippen LogP contribution in [-0.2, 0) is 6.42 Å². The molecule has 2 aromatic carbocycles. The van der Waals surface area contributed by atoms with Crippen LogP contribution in [-0.4, -0.2) is 5.11 Å². The summed E-state index contributed by atoms with van der Waals surface area (Å²) < 4.78 is 39.1. The van der Waals surface area contributed by atoms with Crippen molar-refractivity contribution in [2.45, 2.75) is 12.5 Å². The summed E-state index contributed by atoms with van der Waals surface area (Å²) in [6.45, 7) is 0. The Morgan fingerprint density at radius 2 is 1.67 bits per heavy atom. The van der Waals surface area contributed by atoms with Crippen molar-refractivity contribution in [3.05, 3.63) is 71.0 Å². The second-order valence-electron chi connectivity index (χ2n) is 4.01. The monoisotopic (exact) mass is 252 g/mol. The minimum atomic E-state index is -1.03. The van der Waals surface area contributed by atoms with Crippen molar-refractivity contribution in [3.8, 4) is 0 Å². The minimum Gasteiger partial charge on any atom is -0.388 e. The van der Waals surface area contributed by atoms with Crippen molar-refractivity contribution >= 4 is 0 Å². The van der Waals surface area contributed by atoms with Gasteiger partial charge in [0.1, 0.15) is 17.5 Å². The normalized spacial score (nSPS) is 12.4. The van der Waals surface area contributed by atoms with Gasteiger partial charge in [0.25, 0.3) is 0 Å². The lowest BCUT2D eigenvalue weighted by atomic mass is 10.0. The summed E-state index contributed by atoms with van der Waals surface area (Å²) in [7, 11) is 0. The molecule has 1 nitrogen and oxygen atoms in total. The molecule has 0 aliphatic rings. The summed E-state index contributed by atoms with van der Waals surface area (Å²) in [6, 6.07) is 8.61. The van der Waals surface area contributed by atoms with Crippen LogP contribution in [0.5, 0.6) is 0 Å². The molecule has 1 N–H and O–H groups in total. The van der Waals surface area contributed by atoms with E-state index in [1.165, 1.54) is 24.3 Å². The van der Waals surface area contributed by atoms with Crippen molar-refractivity contribution < 1.29 is 18.3 Å². The summed E-state index contributed by atoms with van der Waals surface area (Å²) in [5.74, 6) is -1.85. The van der Waals surface area contributed by atoms with Gasteiger partial charge in [0, 0.05) is 12.5 Å². The van der Waals surface area contributed by atoms with Gasteiger partial charge in [0.15, 0.2) is 0 Å².